The Bertz CT molecular complexity index is 938. The molecule has 0 spiro atoms. The molecule has 0 amide bonds. The van der Waals surface area contributed by atoms with Crippen molar-refractivity contribution >= 4 is 16.6 Å². The predicted molar refractivity (Wildman–Crippen MR) is 85.1 cm³/mol. The molecule has 0 aliphatic rings. The second-order valence-corrected chi connectivity index (χ2v) is 5.32. The normalized spacial score (nSPS) is 12.2. The Hall–Kier alpha value is -3.29. The molecule has 0 saturated heterocycles. The van der Waals surface area contributed by atoms with E-state index < -0.39 is 28.1 Å². The molecule has 0 bridgehead atoms. The van der Waals surface area contributed by atoms with E-state index in [9.17, 15) is 24.6 Å². The van der Waals surface area contributed by atoms with Gasteiger partial charge < -0.3 is 4.98 Å². The number of hydrogen-bond donors (Lipinski definition) is 1. The summed E-state index contributed by atoms with van der Waals surface area (Å²) in [7, 11) is 0. The van der Waals surface area contributed by atoms with Crippen molar-refractivity contribution in [1.82, 2.24) is 4.98 Å². The second-order valence-electron chi connectivity index (χ2n) is 5.32. The molecule has 0 fully saturated rings. The molecule has 0 saturated carbocycles. The molecule has 0 radical (unpaired) electrons. The second kappa shape index (κ2) is 6.07. The van der Waals surface area contributed by atoms with Gasteiger partial charge in [-0.25, -0.2) is 4.39 Å². The van der Waals surface area contributed by atoms with Gasteiger partial charge in [0.25, 0.3) is 5.69 Å². The zero-order valence-corrected chi connectivity index (χ0v) is 12.3. The lowest BCUT2D eigenvalue weighted by atomic mass is 9.90. The van der Waals surface area contributed by atoms with Gasteiger partial charge in [-0.3, -0.25) is 20.2 Å². The lowest BCUT2D eigenvalue weighted by molar-refractivity contribution is -0.481. The van der Waals surface area contributed by atoms with Crippen LogP contribution in [0.5, 0.6) is 0 Å². The summed E-state index contributed by atoms with van der Waals surface area (Å²) in [5.74, 6) is -1.64. The molecule has 2 aromatic carbocycles. The smallest absolute Gasteiger partial charge is 0.269 e. The van der Waals surface area contributed by atoms with E-state index in [4.69, 9.17) is 0 Å². The van der Waals surface area contributed by atoms with E-state index in [-0.39, 0.29) is 11.3 Å². The highest BCUT2D eigenvalue weighted by atomic mass is 19.1. The number of fused-ring (bicyclic) bond motifs is 1. The monoisotopic (exact) mass is 329 g/mol. The van der Waals surface area contributed by atoms with Gasteiger partial charge in [0.05, 0.1) is 10.8 Å². The fraction of sp³-hybridized carbons (Fsp3) is 0.125. The summed E-state index contributed by atoms with van der Waals surface area (Å²) in [5.41, 5.74) is 0.915. The van der Waals surface area contributed by atoms with Crippen molar-refractivity contribution in [2.24, 2.45) is 0 Å². The van der Waals surface area contributed by atoms with E-state index >= 15 is 0 Å². The molecule has 3 aromatic rings. The Morgan fingerprint density at radius 3 is 2.54 bits per heavy atom. The number of hydrogen-bond acceptors (Lipinski definition) is 4. The largest absolute Gasteiger partial charge is 0.361 e. The summed E-state index contributed by atoms with van der Waals surface area (Å²) in [5, 5.41) is 22.8. The first kappa shape index (κ1) is 15.6. The third kappa shape index (κ3) is 2.81. The van der Waals surface area contributed by atoms with Crippen LogP contribution in [0.15, 0.2) is 48.7 Å². The lowest BCUT2D eigenvalue weighted by Gasteiger charge is -2.13. The third-order valence-corrected chi connectivity index (χ3v) is 3.89. The Balaban J connectivity index is 2.19. The molecule has 1 unspecified atom stereocenters. The molecular weight excluding hydrogens is 317 g/mol. The summed E-state index contributed by atoms with van der Waals surface area (Å²) < 4.78 is 14.3. The molecule has 7 nitrogen and oxygen atoms in total. The van der Waals surface area contributed by atoms with Crippen LogP contribution in [-0.2, 0) is 0 Å². The van der Waals surface area contributed by atoms with Crippen molar-refractivity contribution < 1.29 is 14.2 Å². The number of nitrogens with zero attached hydrogens (tertiary/aromatic N) is 2. The molecule has 1 atom stereocenters. The first-order valence-corrected chi connectivity index (χ1v) is 7.09. The predicted octanol–water partition coefficient (Wildman–Crippen LogP) is 3.62. The summed E-state index contributed by atoms with van der Waals surface area (Å²) in [6.07, 6.45) is 1.58. The molecule has 1 heterocycles. The van der Waals surface area contributed by atoms with E-state index in [2.05, 4.69) is 4.98 Å². The van der Waals surface area contributed by atoms with Crippen LogP contribution in [0.3, 0.4) is 0 Å². The van der Waals surface area contributed by atoms with Gasteiger partial charge >= 0.3 is 0 Å². The van der Waals surface area contributed by atoms with Crippen LogP contribution >= 0.6 is 0 Å². The van der Waals surface area contributed by atoms with Crippen molar-refractivity contribution in [1.29, 1.82) is 0 Å². The van der Waals surface area contributed by atoms with Gasteiger partial charge in [0.2, 0.25) is 6.54 Å². The van der Waals surface area contributed by atoms with Crippen molar-refractivity contribution in [2.45, 2.75) is 5.92 Å². The van der Waals surface area contributed by atoms with Crippen molar-refractivity contribution in [3.63, 3.8) is 0 Å². The number of nitro benzene ring substituents is 1. The number of H-pyrrole nitrogens is 1. The maximum Gasteiger partial charge on any atom is 0.269 e. The summed E-state index contributed by atoms with van der Waals surface area (Å²) in [4.78, 5) is 23.8. The maximum atomic E-state index is 14.3. The van der Waals surface area contributed by atoms with E-state index in [1.54, 1.807) is 30.5 Å². The number of benzene rings is 2. The van der Waals surface area contributed by atoms with E-state index in [1.165, 1.54) is 0 Å². The molecule has 3 rings (SSSR count). The van der Waals surface area contributed by atoms with Gasteiger partial charge in [0.1, 0.15) is 5.82 Å². The van der Waals surface area contributed by atoms with Gasteiger partial charge in [0, 0.05) is 39.7 Å². The quantitative estimate of drug-likeness (QED) is 0.570. The molecule has 0 aliphatic heterocycles. The van der Waals surface area contributed by atoms with Crippen LogP contribution in [0.1, 0.15) is 17.0 Å². The fourth-order valence-electron chi connectivity index (χ4n) is 2.81. The van der Waals surface area contributed by atoms with Gasteiger partial charge in [-0.15, -0.1) is 0 Å². The molecule has 0 aliphatic carbocycles. The van der Waals surface area contributed by atoms with Crippen LogP contribution in [0.4, 0.5) is 10.1 Å². The number of para-hydroxylation sites is 1. The van der Waals surface area contributed by atoms with Gasteiger partial charge in [-0.2, -0.15) is 0 Å². The van der Waals surface area contributed by atoms with Gasteiger partial charge in [0.15, 0.2) is 0 Å². The standard InChI is InChI=1S/C16H12FN3O4/c17-15-6-5-10(20(23)24)7-12(15)14(9-19(21)22)13-8-18-16-4-2-1-3-11(13)16/h1-8,14,18H,9H2. The number of nitrogens with one attached hydrogen (secondary N) is 1. The molecule has 1 aromatic heterocycles. The van der Waals surface area contributed by atoms with Crippen molar-refractivity contribution in [3.05, 3.63) is 85.8 Å². The topological polar surface area (TPSA) is 102 Å². The number of nitro groups is 2. The number of non-ortho nitro benzene ring substituents is 1. The van der Waals surface area contributed by atoms with Crippen LogP contribution in [-0.4, -0.2) is 21.4 Å². The van der Waals surface area contributed by atoms with Crippen LogP contribution in [0.25, 0.3) is 10.9 Å². The first-order valence-electron chi connectivity index (χ1n) is 7.09. The van der Waals surface area contributed by atoms with E-state index in [1.807, 2.05) is 0 Å². The van der Waals surface area contributed by atoms with Crippen LogP contribution < -0.4 is 0 Å². The minimum Gasteiger partial charge on any atom is -0.361 e. The highest BCUT2D eigenvalue weighted by molar-refractivity contribution is 5.84. The molecule has 8 heteroatoms. The highest BCUT2D eigenvalue weighted by Crippen LogP contribution is 2.34. The Labute approximate surface area is 135 Å². The Morgan fingerprint density at radius 1 is 1.08 bits per heavy atom. The van der Waals surface area contributed by atoms with E-state index in [0.717, 1.165) is 29.1 Å². The van der Waals surface area contributed by atoms with Gasteiger partial charge in [-0.1, -0.05) is 18.2 Å². The average Bonchev–Trinajstić information content (AvgIpc) is 2.97. The van der Waals surface area contributed by atoms with Crippen LogP contribution in [0, 0.1) is 26.0 Å². The number of aromatic nitrogens is 1. The zero-order chi connectivity index (χ0) is 17.3. The average molecular weight is 329 g/mol. The number of halogens is 1. The molecule has 1 N–H and O–H groups in total. The lowest BCUT2D eigenvalue weighted by Crippen LogP contribution is -2.15. The number of rotatable bonds is 5. The first-order chi connectivity index (χ1) is 11.5. The third-order valence-electron chi connectivity index (χ3n) is 3.89. The Kier molecular flexibility index (Phi) is 3.95. The van der Waals surface area contributed by atoms with Crippen molar-refractivity contribution in [2.75, 3.05) is 6.54 Å². The Morgan fingerprint density at radius 2 is 1.83 bits per heavy atom. The molecule has 24 heavy (non-hydrogen) atoms. The highest BCUT2D eigenvalue weighted by Gasteiger charge is 2.27. The zero-order valence-electron chi connectivity index (χ0n) is 12.3. The molecule has 122 valence electrons. The number of aromatic amines is 1. The van der Waals surface area contributed by atoms with E-state index in [0.29, 0.717) is 5.56 Å². The summed E-state index contributed by atoms with van der Waals surface area (Å²) >= 11 is 0. The summed E-state index contributed by atoms with van der Waals surface area (Å²) in [6, 6.07) is 10.2. The summed E-state index contributed by atoms with van der Waals surface area (Å²) in [6.45, 7) is -0.570. The minimum atomic E-state index is -0.934. The maximum absolute atomic E-state index is 14.3. The van der Waals surface area contributed by atoms with Gasteiger partial charge in [-0.05, 0) is 17.7 Å². The fourth-order valence-corrected chi connectivity index (χ4v) is 2.81. The molecular formula is C16H12FN3O4. The SMILES string of the molecule is O=[N+]([O-])CC(c1cc([N+](=O)[O-])ccc1F)c1c[nH]c2ccccc12. The minimum absolute atomic E-state index is 0.0642. The van der Waals surface area contributed by atoms with Crippen LogP contribution in [0.2, 0.25) is 0 Å². The van der Waals surface area contributed by atoms with Crippen molar-refractivity contribution in [3.8, 4) is 0 Å².